The Morgan fingerprint density at radius 3 is 1.78 bits per heavy atom. The van der Waals surface area contributed by atoms with Gasteiger partial charge in [0.25, 0.3) is 0 Å². The Labute approximate surface area is 239 Å². The standard InChI is InChI=1S/C40H27N/c1-2-9-28(10-3-1)30-19-23-34(24-20-30)41(35-25-21-29-11-4-5-13-33(29)27-35)39-16-8-15-38-37(39)26-22-32-18-17-31-12-6-7-14-36(31)40(32)38/h1-27H. The molecule has 0 radical (unpaired) electrons. The van der Waals surface area contributed by atoms with E-state index in [9.17, 15) is 0 Å². The quantitative estimate of drug-likeness (QED) is 0.208. The molecule has 0 aliphatic heterocycles. The van der Waals surface area contributed by atoms with Gasteiger partial charge in [-0.25, -0.2) is 0 Å². The Morgan fingerprint density at radius 2 is 0.927 bits per heavy atom. The van der Waals surface area contributed by atoms with Crippen molar-refractivity contribution in [1.82, 2.24) is 0 Å². The molecule has 1 heteroatoms. The highest BCUT2D eigenvalue weighted by Gasteiger charge is 2.17. The molecule has 0 N–H and O–H groups in total. The van der Waals surface area contributed by atoms with Gasteiger partial charge in [-0.15, -0.1) is 0 Å². The van der Waals surface area contributed by atoms with Gasteiger partial charge in [0.15, 0.2) is 0 Å². The minimum atomic E-state index is 1.13. The maximum absolute atomic E-state index is 2.40. The summed E-state index contributed by atoms with van der Waals surface area (Å²) in [6.07, 6.45) is 0. The Kier molecular flexibility index (Phi) is 5.53. The molecule has 0 atom stereocenters. The molecule has 1 nitrogen and oxygen atoms in total. The number of hydrogen-bond donors (Lipinski definition) is 0. The predicted octanol–water partition coefficient (Wildman–Crippen LogP) is 11.4. The highest BCUT2D eigenvalue weighted by atomic mass is 15.1. The second kappa shape index (κ2) is 9.66. The van der Waals surface area contributed by atoms with Crippen LogP contribution in [0.15, 0.2) is 164 Å². The predicted molar refractivity (Wildman–Crippen MR) is 177 cm³/mol. The highest BCUT2D eigenvalue weighted by Crippen LogP contribution is 2.43. The fraction of sp³-hybridized carbons (Fsp3) is 0. The van der Waals surface area contributed by atoms with Crippen LogP contribution in [0.3, 0.4) is 0 Å². The summed E-state index contributed by atoms with van der Waals surface area (Å²) < 4.78 is 0. The molecule has 0 amide bonds. The number of nitrogens with zero attached hydrogens (tertiary/aromatic N) is 1. The molecule has 0 fully saturated rings. The van der Waals surface area contributed by atoms with Crippen molar-refractivity contribution < 1.29 is 0 Å². The van der Waals surface area contributed by atoms with Gasteiger partial charge in [-0.05, 0) is 79.2 Å². The lowest BCUT2D eigenvalue weighted by atomic mass is 9.95. The Balaban J connectivity index is 1.38. The van der Waals surface area contributed by atoms with Crippen molar-refractivity contribution in [2.45, 2.75) is 0 Å². The van der Waals surface area contributed by atoms with Crippen LogP contribution in [0.25, 0.3) is 54.2 Å². The summed E-state index contributed by atoms with van der Waals surface area (Å²) in [5.41, 5.74) is 5.87. The van der Waals surface area contributed by atoms with Crippen LogP contribution in [0, 0.1) is 0 Å². The van der Waals surface area contributed by atoms with E-state index in [1.807, 2.05) is 0 Å². The molecule has 0 aromatic heterocycles. The molecule has 0 unspecified atom stereocenters. The summed E-state index contributed by atoms with van der Waals surface area (Å²) in [6, 6.07) is 59.3. The highest BCUT2D eigenvalue weighted by molar-refractivity contribution is 6.22. The number of benzene rings is 8. The topological polar surface area (TPSA) is 3.24 Å². The lowest BCUT2D eigenvalue weighted by molar-refractivity contribution is 1.30. The van der Waals surface area contributed by atoms with Crippen molar-refractivity contribution in [1.29, 1.82) is 0 Å². The molecule has 192 valence electrons. The Morgan fingerprint density at radius 1 is 0.317 bits per heavy atom. The molecule has 8 aromatic carbocycles. The SMILES string of the molecule is c1ccc(-c2ccc(N(c3ccc4ccccc4c3)c3cccc4c3ccc3ccc5ccccc5c34)cc2)cc1. The van der Waals surface area contributed by atoms with Gasteiger partial charge in [0.2, 0.25) is 0 Å². The van der Waals surface area contributed by atoms with Crippen molar-refractivity contribution in [3.8, 4) is 11.1 Å². The lowest BCUT2D eigenvalue weighted by Gasteiger charge is -2.27. The summed E-state index contributed by atoms with van der Waals surface area (Å²) in [6.45, 7) is 0. The second-order valence-electron chi connectivity index (χ2n) is 10.6. The summed E-state index contributed by atoms with van der Waals surface area (Å²) in [5.74, 6) is 0. The molecule has 8 aromatic rings. The van der Waals surface area contributed by atoms with Gasteiger partial charge in [-0.3, -0.25) is 0 Å². The maximum Gasteiger partial charge on any atom is 0.0540 e. The molecule has 0 bridgehead atoms. The van der Waals surface area contributed by atoms with Crippen molar-refractivity contribution in [3.05, 3.63) is 164 Å². The molecule has 0 heterocycles. The molecule has 8 rings (SSSR count). The normalized spacial score (nSPS) is 11.4. The van der Waals surface area contributed by atoms with Gasteiger partial charge in [-0.1, -0.05) is 133 Å². The van der Waals surface area contributed by atoms with Crippen molar-refractivity contribution in [2.24, 2.45) is 0 Å². The van der Waals surface area contributed by atoms with Gasteiger partial charge < -0.3 is 4.90 Å². The number of anilines is 3. The van der Waals surface area contributed by atoms with E-state index in [0.29, 0.717) is 0 Å². The minimum absolute atomic E-state index is 1.13. The van der Waals surface area contributed by atoms with E-state index in [2.05, 4.69) is 169 Å². The zero-order valence-electron chi connectivity index (χ0n) is 22.5. The summed E-state index contributed by atoms with van der Waals surface area (Å²) >= 11 is 0. The largest absolute Gasteiger partial charge is 0.310 e. The summed E-state index contributed by atoms with van der Waals surface area (Å²) in [7, 11) is 0. The third-order valence-electron chi connectivity index (χ3n) is 8.21. The van der Waals surface area contributed by atoms with E-state index in [-0.39, 0.29) is 0 Å². The van der Waals surface area contributed by atoms with Crippen LogP contribution in [0.5, 0.6) is 0 Å². The van der Waals surface area contributed by atoms with Crippen LogP contribution >= 0.6 is 0 Å². The molecule has 0 saturated heterocycles. The molecule has 0 saturated carbocycles. The first-order valence-corrected chi connectivity index (χ1v) is 14.1. The third kappa shape index (κ3) is 4.02. The van der Waals surface area contributed by atoms with Crippen LogP contribution in [0.4, 0.5) is 17.1 Å². The van der Waals surface area contributed by atoms with Crippen LogP contribution in [0.2, 0.25) is 0 Å². The van der Waals surface area contributed by atoms with Crippen molar-refractivity contribution in [2.75, 3.05) is 4.90 Å². The van der Waals surface area contributed by atoms with Gasteiger partial charge in [0.1, 0.15) is 0 Å². The Hall–Kier alpha value is -5.40. The fourth-order valence-corrected chi connectivity index (χ4v) is 6.22. The molecular weight excluding hydrogens is 494 g/mol. The first-order valence-electron chi connectivity index (χ1n) is 14.1. The van der Waals surface area contributed by atoms with Crippen LogP contribution in [0.1, 0.15) is 0 Å². The number of rotatable bonds is 4. The van der Waals surface area contributed by atoms with Gasteiger partial charge in [0, 0.05) is 16.8 Å². The van der Waals surface area contributed by atoms with E-state index < -0.39 is 0 Å². The average molecular weight is 522 g/mol. The molecular formula is C40H27N. The molecule has 0 aliphatic carbocycles. The number of hydrogen-bond acceptors (Lipinski definition) is 1. The van der Waals surface area contributed by atoms with Gasteiger partial charge in [-0.2, -0.15) is 0 Å². The smallest absolute Gasteiger partial charge is 0.0540 e. The van der Waals surface area contributed by atoms with Gasteiger partial charge in [0.05, 0.1) is 5.69 Å². The van der Waals surface area contributed by atoms with E-state index >= 15 is 0 Å². The average Bonchev–Trinajstić information content (AvgIpc) is 3.05. The summed E-state index contributed by atoms with van der Waals surface area (Å²) in [4.78, 5) is 2.40. The second-order valence-corrected chi connectivity index (χ2v) is 10.6. The number of fused-ring (bicyclic) bond motifs is 6. The molecule has 0 spiro atoms. The van der Waals surface area contributed by atoms with Crippen molar-refractivity contribution in [3.63, 3.8) is 0 Å². The zero-order valence-corrected chi connectivity index (χ0v) is 22.5. The van der Waals surface area contributed by atoms with Crippen LogP contribution in [-0.2, 0) is 0 Å². The zero-order chi connectivity index (χ0) is 27.2. The van der Waals surface area contributed by atoms with E-state index in [0.717, 1.165) is 11.4 Å². The minimum Gasteiger partial charge on any atom is -0.310 e. The van der Waals surface area contributed by atoms with Crippen LogP contribution < -0.4 is 4.90 Å². The summed E-state index contributed by atoms with van der Waals surface area (Å²) in [5, 5.41) is 10.1. The first kappa shape index (κ1) is 23.5. The third-order valence-corrected chi connectivity index (χ3v) is 8.21. The van der Waals surface area contributed by atoms with E-state index in [1.54, 1.807) is 0 Å². The van der Waals surface area contributed by atoms with Gasteiger partial charge >= 0.3 is 0 Å². The lowest BCUT2D eigenvalue weighted by Crippen LogP contribution is -2.10. The monoisotopic (exact) mass is 521 g/mol. The maximum atomic E-state index is 2.40. The fourth-order valence-electron chi connectivity index (χ4n) is 6.22. The molecule has 0 aliphatic rings. The molecule has 41 heavy (non-hydrogen) atoms. The van der Waals surface area contributed by atoms with Crippen molar-refractivity contribution >= 4 is 60.2 Å². The first-order chi connectivity index (χ1) is 20.3. The van der Waals surface area contributed by atoms with E-state index in [4.69, 9.17) is 0 Å². The van der Waals surface area contributed by atoms with Crippen LogP contribution in [-0.4, -0.2) is 0 Å². The Bertz CT molecular complexity index is 2190. The van der Waals surface area contributed by atoms with E-state index in [1.165, 1.54) is 59.9 Å².